The highest BCUT2D eigenvalue weighted by atomic mass is 15.2. The summed E-state index contributed by atoms with van der Waals surface area (Å²) in [7, 11) is 0. The van der Waals surface area contributed by atoms with Gasteiger partial charge in [-0.3, -0.25) is 0 Å². The Morgan fingerprint density at radius 2 is 0.958 bits per heavy atom. The van der Waals surface area contributed by atoms with Crippen molar-refractivity contribution >= 4 is 72.8 Å². The SMILES string of the molecule is CC(C)(C)c1ccc(N2C3=C(B4c5c(cc(C(C)(C)C)cc52)-c2cc(C(C)(C)C)cc5c6c(ccc7c8cc(C(C)(C)C)ccc8n(-c8ccccc8)c76)n4c25)c2cc(C(C)(C)C)ccc2C3(C)C)cc1. The lowest BCUT2D eigenvalue weighted by atomic mass is 9.43. The van der Waals surface area contributed by atoms with Crippen LogP contribution in [0.15, 0.2) is 133 Å². The molecule has 0 saturated heterocycles. The van der Waals surface area contributed by atoms with Crippen LogP contribution in [-0.4, -0.2) is 15.9 Å². The number of para-hydroxylation sites is 1. The molecule has 2 aliphatic heterocycles. The Balaban J connectivity index is 1.31. The van der Waals surface area contributed by atoms with Gasteiger partial charge in [-0.15, -0.1) is 0 Å². The van der Waals surface area contributed by atoms with Crippen LogP contribution < -0.4 is 10.4 Å². The largest absolute Gasteiger partial charge is 0.375 e. The van der Waals surface area contributed by atoms with Gasteiger partial charge in [-0.05, 0) is 143 Å². The number of aromatic nitrogens is 2. The van der Waals surface area contributed by atoms with Crippen molar-refractivity contribution in [2.45, 2.75) is 150 Å². The van der Waals surface area contributed by atoms with Gasteiger partial charge in [-0.2, -0.15) is 0 Å². The molecule has 0 N–H and O–H groups in total. The van der Waals surface area contributed by atoms with Gasteiger partial charge >= 0.3 is 6.85 Å². The highest BCUT2D eigenvalue weighted by Gasteiger charge is 2.53. The number of anilines is 2. The standard InChI is InChI=1S/C67H72BN3/c1-62(2,3)39-23-27-45(28-24-39)70-55-38-43(66(13,14)15)35-48-49-36-42(65(10,11)12)37-51-56-54(32-29-46-47-33-41(64(7,8)9)26-31-53(47)69(60(46)56)44-21-19-18-20-22-44)71(59(49)51)68(57(48)55)58-50-34-40(63(4,5)6)25-30-52(50)67(16,17)61(58)70/h18-38H,1-17H3. The number of allylic oxidation sites excluding steroid dienone is 1. The number of benzene rings is 7. The van der Waals surface area contributed by atoms with E-state index in [9.17, 15) is 0 Å². The van der Waals surface area contributed by atoms with E-state index in [4.69, 9.17) is 0 Å². The first-order chi connectivity index (χ1) is 33.2. The summed E-state index contributed by atoms with van der Waals surface area (Å²) >= 11 is 0. The molecule has 0 bridgehead atoms. The zero-order valence-corrected chi connectivity index (χ0v) is 45.5. The number of fused-ring (bicyclic) bond motifs is 12. The first-order valence-electron chi connectivity index (χ1n) is 26.3. The van der Waals surface area contributed by atoms with Gasteiger partial charge in [0, 0.05) is 66.3 Å². The van der Waals surface area contributed by atoms with Crippen LogP contribution in [0.3, 0.4) is 0 Å². The molecule has 0 unspecified atom stereocenters. The van der Waals surface area contributed by atoms with Gasteiger partial charge in [-0.1, -0.05) is 184 Å². The fourth-order valence-electron chi connectivity index (χ4n) is 12.7. The van der Waals surface area contributed by atoms with Crippen LogP contribution >= 0.6 is 0 Å². The van der Waals surface area contributed by atoms with E-state index in [1.165, 1.54) is 127 Å². The normalized spacial score (nSPS) is 15.7. The minimum atomic E-state index is -0.310. The van der Waals surface area contributed by atoms with E-state index in [1.54, 1.807) is 0 Å². The summed E-state index contributed by atoms with van der Waals surface area (Å²) in [6.45, 7) is 40.3. The third-order valence-corrected chi connectivity index (χ3v) is 16.8. The molecule has 0 saturated carbocycles. The molecule has 358 valence electrons. The molecule has 4 heterocycles. The van der Waals surface area contributed by atoms with Gasteiger partial charge < -0.3 is 13.9 Å². The fourth-order valence-corrected chi connectivity index (χ4v) is 12.7. The second kappa shape index (κ2) is 14.5. The Bertz CT molecular complexity index is 3780. The quantitative estimate of drug-likeness (QED) is 0.157. The molecule has 0 radical (unpaired) electrons. The number of rotatable bonds is 2. The van der Waals surface area contributed by atoms with E-state index in [1.807, 2.05) is 0 Å². The highest BCUT2D eigenvalue weighted by Crippen LogP contribution is 2.58. The highest BCUT2D eigenvalue weighted by molar-refractivity contribution is 6.93. The molecule has 1 aliphatic carbocycles. The van der Waals surface area contributed by atoms with Crippen molar-refractivity contribution in [2.24, 2.45) is 0 Å². The monoisotopic (exact) mass is 930 g/mol. The van der Waals surface area contributed by atoms with Crippen molar-refractivity contribution in [3.8, 4) is 16.8 Å². The minimum absolute atomic E-state index is 0.00722. The Hall–Kier alpha value is -6.26. The van der Waals surface area contributed by atoms with Crippen molar-refractivity contribution in [3.05, 3.63) is 172 Å². The summed E-state index contributed by atoms with van der Waals surface area (Å²) < 4.78 is 5.41. The maximum absolute atomic E-state index is 2.83. The number of hydrogen-bond donors (Lipinski definition) is 0. The van der Waals surface area contributed by atoms with E-state index in [-0.39, 0.29) is 39.3 Å². The van der Waals surface area contributed by atoms with Gasteiger partial charge in [0.2, 0.25) is 0 Å². The van der Waals surface area contributed by atoms with Crippen LogP contribution in [0.4, 0.5) is 11.4 Å². The number of hydrogen-bond acceptors (Lipinski definition) is 1. The van der Waals surface area contributed by atoms with Crippen molar-refractivity contribution in [3.63, 3.8) is 0 Å². The van der Waals surface area contributed by atoms with Crippen molar-refractivity contribution in [1.82, 2.24) is 9.05 Å². The van der Waals surface area contributed by atoms with Crippen LogP contribution in [0.5, 0.6) is 0 Å². The average Bonchev–Trinajstić information content (AvgIpc) is 3.89. The molecule has 71 heavy (non-hydrogen) atoms. The fraction of sp³-hybridized carbons (Fsp3) is 0.343. The summed E-state index contributed by atoms with van der Waals surface area (Å²) in [4.78, 5) is 2.71. The van der Waals surface area contributed by atoms with E-state index in [0.29, 0.717) is 0 Å². The van der Waals surface area contributed by atoms with E-state index in [2.05, 4.69) is 259 Å². The summed E-state index contributed by atoms with van der Waals surface area (Å²) in [5.41, 5.74) is 24.8. The summed E-state index contributed by atoms with van der Waals surface area (Å²) in [6, 6.07) is 50.7. The van der Waals surface area contributed by atoms with Crippen molar-refractivity contribution in [1.29, 1.82) is 0 Å². The molecule has 12 rings (SSSR count). The van der Waals surface area contributed by atoms with Crippen LogP contribution in [-0.2, 0) is 32.5 Å². The summed E-state index contributed by atoms with van der Waals surface area (Å²) in [6.07, 6.45) is 0. The molecule has 4 heteroatoms. The van der Waals surface area contributed by atoms with Crippen molar-refractivity contribution in [2.75, 3.05) is 4.90 Å². The lowest BCUT2D eigenvalue weighted by Gasteiger charge is -2.44. The molecule has 0 atom stereocenters. The molecule has 3 aliphatic rings. The molecule has 9 aromatic rings. The van der Waals surface area contributed by atoms with Gasteiger partial charge in [0.05, 0.1) is 11.0 Å². The first-order valence-corrected chi connectivity index (χ1v) is 26.3. The smallest absolute Gasteiger partial charge is 0.333 e. The predicted octanol–water partition coefficient (Wildman–Crippen LogP) is 17.5. The Morgan fingerprint density at radius 3 is 1.59 bits per heavy atom. The van der Waals surface area contributed by atoms with Gasteiger partial charge in [0.15, 0.2) is 0 Å². The molecule has 3 nitrogen and oxygen atoms in total. The van der Waals surface area contributed by atoms with E-state index < -0.39 is 0 Å². The zero-order valence-electron chi connectivity index (χ0n) is 45.5. The summed E-state index contributed by atoms with van der Waals surface area (Å²) in [5.74, 6) is 0. The molecule has 2 aromatic heterocycles. The Labute approximate surface area is 423 Å². The van der Waals surface area contributed by atoms with Crippen LogP contribution in [0.25, 0.3) is 65.9 Å². The topological polar surface area (TPSA) is 13.1 Å². The van der Waals surface area contributed by atoms with Gasteiger partial charge in [0.1, 0.15) is 0 Å². The molecular formula is C67H72BN3. The van der Waals surface area contributed by atoms with Crippen LogP contribution in [0.2, 0.25) is 0 Å². The maximum Gasteiger partial charge on any atom is 0.333 e. The van der Waals surface area contributed by atoms with E-state index >= 15 is 0 Å². The van der Waals surface area contributed by atoms with Crippen LogP contribution in [0, 0.1) is 0 Å². The molecule has 0 amide bonds. The second-order valence-electron chi connectivity index (χ2n) is 27.2. The first kappa shape index (κ1) is 45.9. The lowest BCUT2D eigenvalue weighted by Crippen LogP contribution is -2.50. The number of nitrogens with zero attached hydrogens (tertiary/aromatic N) is 3. The lowest BCUT2D eigenvalue weighted by molar-refractivity contribution is 0.586. The second-order valence-corrected chi connectivity index (χ2v) is 27.2. The molecule has 7 aromatic carbocycles. The van der Waals surface area contributed by atoms with Crippen molar-refractivity contribution < 1.29 is 0 Å². The molecule has 0 fully saturated rings. The van der Waals surface area contributed by atoms with E-state index in [0.717, 1.165) is 0 Å². The Kier molecular flexibility index (Phi) is 9.34. The average molecular weight is 930 g/mol. The maximum atomic E-state index is 2.83. The van der Waals surface area contributed by atoms with Gasteiger partial charge in [0.25, 0.3) is 0 Å². The molecular weight excluding hydrogens is 858 g/mol. The molecule has 0 spiro atoms. The zero-order chi connectivity index (χ0) is 50.4. The third kappa shape index (κ3) is 6.54. The predicted molar refractivity (Wildman–Crippen MR) is 308 cm³/mol. The van der Waals surface area contributed by atoms with Gasteiger partial charge in [-0.25, -0.2) is 0 Å². The summed E-state index contributed by atoms with van der Waals surface area (Å²) in [5, 5.41) is 5.27. The Morgan fingerprint density at radius 1 is 0.423 bits per heavy atom. The van der Waals surface area contributed by atoms with Crippen LogP contribution in [0.1, 0.15) is 157 Å². The minimum Gasteiger partial charge on any atom is -0.375 e. The third-order valence-electron chi connectivity index (χ3n) is 16.8.